The molecule has 0 aliphatic carbocycles. The topological polar surface area (TPSA) is 131 Å². The van der Waals surface area contributed by atoms with E-state index in [1.54, 1.807) is 17.1 Å². The third kappa shape index (κ3) is 4.73. The van der Waals surface area contributed by atoms with E-state index in [4.69, 9.17) is 21.1 Å². The van der Waals surface area contributed by atoms with Gasteiger partial charge >= 0.3 is 0 Å². The molecule has 3 atom stereocenters. The monoisotopic (exact) mass is 480 g/mol. The van der Waals surface area contributed by atoms with Crippen molar-refractivity contribution in [2.75, 3.05) is 13.2 Å². The maximum atomic E-state index is 10.0. The van der Waals surface area contributed by atoms with Gasteiger partial charge in [-0.1, -0.05) is 17.5 Å². The lowest BCUT2D eigenvalue weighted by atomic mass is 10.0. The van der Waals surface area contributed by atoms with Gasteiger partial charge < -0.3 is 24.7 Å². The number of halogens is 1. The maximum absolute atomic E-state index is 10.0. The Morgan fingerprint density at radius 2 is 2.09 bits per heavy atom. The van der Waals surface area contributed by atoms with Gasteiger partial charge in [0.1, 0.15) is 30.1 Å². The van der Waals surface area contributed by atoms with Crippen LogP contribution in [0, 0.1) is 18.8 Å². The fourth-order valence-corrected chi connectivity index (χ4v) is 3.78. The average molecular weight is 481 g/mol. The summed E-state index contributed by atoms with van der Waals surface area (Å²) in [5.74, 6) is 6.76. The van der Waals surface area contributed by atoms with Gasteiger partial charge in [0.25, 0.3) is 6.01 Å². The number of rotatable bonds is 4. The summed E-state index contributed by atoms with van der Waals surface area (Å²) in [7, 11) is 0. The zero-order valence-electron chi connectivity index (χ0n) is 18.1. The van der Waals surface area contributed by atoms with Crippen molar-refractivity contribution in [3.8, 4) is 23.5 Å². The van der Waals surface area contributed by atoms with Crippen LogP contribution in [0.1, 0.15) is 23.5 Å². The molecule has 0 spiro atoms. The van der Waals surface area contributed by atoms with Crippen LogP contribution in [0.15, 0.2) is 36.7 Å². The van der Waals surface area contributed by atoms with Gasteiger partial charge in [-0.25, -0.2) is 14.6 Å². The second-order valence-corrected chi connectivity index (χ2v) is 8.27. The zero-order chi connectivity index (χ0) is 23.7. The Hall–Kier alpha value is -3.49. The Bertz CT molecular complexity index is 1370. The van der Waals surface area contributed by atoms with E-state index in [2.05, 4.69) is 36.9 Å². The first-order chi connectivity index (χ1) is 16.5. The third-order valence-electron chi connectivity index (χ3n) is 5.36. The SMILES string of the molecule is Cc1ncn(-c2ccc(C#Cc3nc4nc(OC5COC(CO)C(O)C5)[nH]c4cc3Cl)cc2)n1. The first-order valence-corrected chi connectivity index (χ1v) is 11.0. The first kappa shape index (κ1) is 22.3. The highest BCUT2D eigenvalue weighted by Crippen LogP contribution is 2.24. The van der Waals surface area contributed by atoms with E-state index in [1.165, 1.54) is 0 Å². The molecule has 1 fully saturated rings. The molecular formula is C23H21ClN6O4. The second-order valence-electron chi connectivity index (χ2n) is 7.86. The van der Waals surface area contributed by atoms with Crippen molar-refractivity contribution in [1.29, 1.82) is 0 Å². The minimum atomic E-state index is -0.808. The molecule has 5 rings (SSSR count). The van der Waals surface area contributed by atoms with Crippen molar-refractivity contribution >= 4 is 22.8 Å². The van der Waals surface area contributed by atoms with Crippen LogP contribution in [0.3, 0.4) is 0 Å². The number of nitrogens with one attached hydrogen (secondary N) is 1. The van der Waals surface area contributed by atoms with Crippen molar-refractivity contribution in [2.45, 2.75) is 31.7 Å². The van der Waals surface area contributed by atoms with E-state index in [0.29, 0.717) is 34.1 Å². The Kier molecular flexibility index (Phi) is 6.17. The molecule has 0 bridgehead atoms. The number of aromatic amines is 1. The average Bonchev–Trinajstić information content (AvgIpc) is 3.43. The Labute approximate surface area is 199 Å². The summed E-state index contributed by atoms with van der Waals surface area (Å²) in [6, 6.07) is 9.51. The van der Waals surface area contributed by atoms with E-state index < -0.39 is 18.3 Å². The molecule has 3 N–H and O–H groups in total. The van der Waals surface area contributed by atoms with E-state index >= 15 is 0 Å². The molecule has 1 aliphatic heterocycles. The summed E-state index contributed by atoms with van der Waals surface area (Å²) in [5, 5.41) is 23.9. The smallest absolute Gasteiger partial charge is 0.296 e. The van der Waals surface area contributed by atoms with Gasteiger partial charge in [-0.05, 0) is 43.2 Å². The lowest BCUT2D eigenvalue weighted by Crippen LogP contribution is -2.45. The minimum Gasteiger partial charge on any atom is -0.459 e. The Morgan fingerprint density at radius 1 is 1.26 bits per heavy atom. The Morgan fingerprint density at radius 3 is 2.79 bits per heavy atom. The lowest BCUT2D eigenvalue weighted by Gasteiger charge is -2.31. The second kappa shape index (κ2) is 9.40. The molecule has 1 aromatic carbocycles. The molecule has 3 unspecified atom stereocenters. The number of aryl methyl sites for hydroxylation is 1. The fourth-order valence-electron chi connectivity index (χ4n) is 3.58. The van der Waals surface area contributed by atoms with E-state index in [1.807, 2.05) is 31.2 Å². The normalized spacial score (nSPS) is 20.2. The predicted molar refractivity (Wildman–Crippen MR) is 123 cm³/mol. The molecule has 1 saturated heterocycles. The number of fused-ring (bicyclic) bond motifs is 1. The van der Waals surface area contributed by atoms with E-state index in [9.17, 15) is 10.2 Å². The van der Waals surface area contributed by atoms with Gasteiger partial charge in [-0.15, -0.1) is 0 Å². The summed E-state index contributed by atoms with van der Waals surface area (Å²) in [6.45, 7) is 1.83. The molecule has 11 heteroatoms. The van der Waals surface area contributed by atoms with Crippen LogP contribution in [0.2, 0.25) is 5.02 Å². The minimum absolute atomic E-state index is 0.236. The zero-order valence-corrected chi connectivity index (χ0v) is 18.9. The van der Waals surface area contributed by atoms with Crippen molar-refractivity contribution in [2.24, 2.45) is 0 Å². The number of aliphatic hydroxyl groups excluding tert-OH is 2. The Balaban J connectivity index is 1.31. The van der Waals surface area contributed by atoms with Crippen LogP contribution >= 0.6 is 11.6 Å². The standard InChI is InChI=1S/C23H21ClN6O4/c1-13-25-12-30(29-13)15-5-2-14(3-6-15)4-7-18-17(24)9-19-22(26-18)28-23(27-19)34-16-8-20(32)21(10-31)33-11-16/h2-3,5-6,9,12,16,20-21,31-32H,8,10-11H2,1H3,(H,26,27,28). The van der Waals surface area contributed by atoms with Gasteiger partial charge in [0.05, 0.1) is 35.5 Å². The van der Waals surface area contributed by atoms with Crippen LogP contribution < -0.4 is 4.74 Å². The highest BCUT2D eigenvalue weighted by Gasteiger charge is 2.31. The number of aliphatic hydroxyl groups is 2. The molecular weight excluding hydrogens is 460 g/mol. The van der Waals surface area contributed by atoms with Crippen molar-refractivity contribution in [3.63, 3.8) is 0 Å². The number of ether oxygens (including phenoxy) is 2. The van der Waals surface area contributed by atoms with Crippen LogP contribution in [-0.2, 0) is 4.74 Å². The molecule has 0 radical (unpaired) electrons. The summed E-state index contributed by atoms with van der Waals surface area (Å²) >= 11 is 6.38. The molecule has 0 saturated carbocycles. The predicted octanol–water partition coefficient (Wildman–Crippen LogP) is 1.79. The number of pyridine rings is 1. The number of benzene rings is 1. The summed E-state index contributed by atoms with van der Waals surface area (Å²) in [6.07, 6.45) is 0.170. The number of hydrogen-bond acceptors (Lipinski definition) is 8. The third-order valence-corrected chi connectivity index (χ3v) is 5.64. The van der Waals surface area contributed by atoms with Gasteiger partial charge in [-0.2, -0.15) is 10.1 Å². The number of hydrogen-bond donors (Lipinski definition) is 3. The van der Waals surface area contributed by atoms with Gasteiger partial charge in [-0.3, -0.25) is 0 Å². The molecule has 0 amide bonds. The van der Waals surface area contributed by atoms with Gasteiger partial charge in [0.15, 0.2) is 5.65 Å². The van der Waals surface area contributed by atoms with Crippen molar-refractivity contribution < 1.29 is 19.7 Å². The molecule has 3 aromatic heterocycles. The maximum Gasteiger partial charge on any atom is 0.296 e. The highest BCUT2D eigenvalue weighted by molar-refractivity contribution is 6.32. The van der Waals surface area contributed by atoms with Crippen LogP contribution in [0.5, 0.6) is 6.01 Å². The summed E-state index contributed by atoms with van der Waals surface area (Å²) in [4.78, 5) is 16.0. The summed E-state index contributed by atoms with van der Waals surface area (Å²) < 4.78 is 12.9. The highest BCUT2D eigenvalue weighted by atomic mass is 35.5. The van der Waals surface area contributed by atoms with Gasteiger partial charge in [0, 0.05) is 12.0 Å². The van der Waals surface area contributed by atoms with Gasteiger partial charge in [0.2, 0.25) is 0 Å². The molecule has 174 valence electrons. The van der Waals surface area contributed by atoms with Crippen LogP contribution in [0.25, 0.3) is 16.9 Å². The van der Waals surface area contributed by atoms with Crippen molar-refractivity contribution in [3.05, 3.63) is 58.8 Å². The summed E-state index contributed by atoms with van der Waals surface area (Å²) in [5.41, 5.74) is 3.08. The molecule has 10 nitrogen and oxygen atoms in total. The first-order valence-electron chi connectivity index (χ1n) is 10.6. The molecule has 1 aliphatic rings. The largest absolute Gasteiger partial charge is 0.459 e. The fraction of sp³-hybridized carbons (Fsp3) is 0.304. The number of nitrogens with zero attached hydrogens (tertiary/aromatic N) is 5. The lowest BCUT2D eigenvalue weighted by molar-refractivity contribution is -0.131. The molecule has 4 aromatic rings. The number of imidazole rings is 1. The number of aromatic nitrogens is 6. The van der Waals surface area contributed by atoms with Crippen molar-refractivity contribution in [1.82, 2.24) is 29.7 Å². The van der Waals surface area contributed by atoms with E-state index in [0.717, 1.165) is 11.3 Å². The van der Waals surface area contributed by atoms with Crippen LogP contribution in [0.4, 0.5) is 0 Å². The number of H-pyrrole nitrogens is 1. The quantitative estimate of drug-likeness (QED) is 0.377. The molecule has 34 heavy (non-hydrogen) atoms. The van der Waals surface area contributed by atoms with E-state index in [-0.39, 0.29) is 19.2 Å². The van der Waals surface area contributed by atoms with Crippen LogP contribution in [-0.4, -0.2) is 71.5 Å². The molecule has 4 heterocycles.